The van der Waals surface area contributed by atoms with Crippen molar-refractivity contribution in [1.29, 1.82) is 0 Å². The molecule has 0 saturated carbocycles. The maximum atomic E-state index is 12.3. The molecule has 1 fully saturated rings. The smallest absolute Gasteiger partial charge is 0.253 e. The van der Waals surface area contributed by atoms with E-state index in [2.05, 4.69) is 5.32 Å². The van der Waals surface area contributed by atoms with Gasteiger partial charge < -0.3 is 20.5 Å². The average Bonchev–Trinajstić information content (AvgIpc) is 2.85. The second kappa shape index (κ2) is 6.19. The number of carbonyl (C=O) groups is 1. The third kappa shape index (κ3) is 2.91. The molecule has 2 unspecified atom stereocenters. The Hall–Kier alpha value is -1.66. The lowest BCUT2D eigenvalue weighted by atomic mass is 10.0. The van der Waals surface area contributed by atoms with E-state index >= 15 is 0 Å². The van der Waals surface area contributed by atoms with E-state index in [1.807, 2.05) is 6.92 Å². The van der Waals surface area contributed by atoms with Gasteiger partial charge in [-0.15, -0.1) is 0 Å². The minimum absolute atomic E-state index is 0.193. The number of rotatable bonds is 4. The van der Waals surface area contributed by atoms with Gasteiger partial charge in [0.15, 0.2) is 0 Å². The largest absolute Gasteiger partial charge is 0.495 e. The Bertz CT molecular complexity index is 533. The number of benzene rings is 1. The van der Waals surface area contributed by atoms with Crippen LogP contribution in [0.25, 0.3) is 0 Å². The number of methoxy groups -OCH3 is 1. The highest BCUT2D eigenvalue weighted by Gasteiger charge is 2.31. The first-order chi connectivity index (χ1) is 9.54. The lowest BCUT2D eigenvalue weighted by Gasteiger charge is -2.18. The van der Waals surface area contributed by atoms with Crippen LogP contribution in [0.2, 0.25) is 0 Å². The SMILES string of the molecule is COc1cccc(C(N)=S)c1NC(=O)C1OCCC1C. The zero-order chi connectivity index (χ0) is 14.7. The summed E-state index contributed by atoms with van der Waals surface area (Å²) in [4.78, 5) is 12.5. The van der Waals surface area contributed by atoms with Gasteiger partial charge in [-0.05, 0) is 24.5 Å². The third-order valence-corrected chi connectivity index (χ3v) is 3.63. The van der Waals surface area contributed by atoms with Crippen molar-refractivity contribution in [3.63, 3.8) is 0 Å². The molecule has 20 heavy (non-hydrogen) atoms. The molecule has 2 rings (SSSR count). The maximum Gasteiger partial charge on any atom is 0.253 e. The van der Waals surface area contributed by atoms with E-state index in [9.17, 15) is 4.79 Å². The summed E-state index contributed by atoms with van der Waals surface area (Å²) < 4.78 is 10.7. The molecule has 3 N–H and O–H groups in total. The van der Waals surface area contributed by atoms with E-state index in [1.54, 1.807) is 18.2 Å². The minimum Gasteiger partial charge on any atom is -0.495 e. The molecule has 0 radical (unpaired) electrons. The van der Waals surface area contributed by atoms with Gasteiger partial charge in [0, 0.05) is 12.2 Å². The molecular weight excluding hydrogens is 276 g/mol. The molecule has 6 heteroatoms. The predicted molar refractivity (Wildman–Crippen MR) is 81.0 cm³/mol. The number of amides is 1. The van der Waals surface area contributed by atoms with E-state index in [0.29, 0.717) is 23.6 Å². The number of thiocarbonyl (C=S) groups is 1. The zero-order valence-corrected chi connectivity index (χ0v) is 12.3. The van der Waals surface area contributed by atoms with Gasteiger partial charge in [0.25, 0.3) is 5.91 Å². The van der Waals surface area contributed by atoms with Gasteiger partial charge in [-0.1, -0.05) is 25.2 Å². The zero-order valence-electron chi connectivity index (χ0n) is 11.5. The van der Waals surface area contributed by atoms with Crippen LogP contribution in [0.5, 0.6) is 5.75 Å². The van der Waals surface area contributed by atoms with Crippen molar-refractivity contribution < 1.29 is 14.3 Å². The quantitative estimate of drug-likeness (QED) is 0.827. The fourth-order valence-corrected chi connectivity index (χ4v) is 2.43. The van der Waals surface area contributed by atoms with Gasteiger partial charge in [-0.3, -0.25) is 4.79 Å². The first-order valence-corrected chi connectivity index (χ1v) is 6.84. The van der Waals surface area contributed by atoms with Crippen molar-refractivity contribution in [3.8, 4) is 5.75 Å². The molecule has 0 aromatic heterocycles. The summed E-state index contributed by atoms with van der Waals surface area (Å²) in [6.45, 7) is 2.60. The molecule has 1 heterocycles. The first-order valence-electron chi connectivity index (χ1n) is 6.44. The molecule has 0 spiro atoms. The summed E-state index contributed by atoms with van der Waals surface area (Å²) in [7, 11) is 1.53. The lowest BCUT2D eigenvalue weighted by Crippen LogP contribution is -2.32. The highest BCUT2D eigenvalue weighted by atomic mass is 32.1. The van der Waals surface area contributed by atoms with Crippen LogP contribution in [0.1, 0.15) is 18.9 Å². The lowest BCUT2D eigenvalue weighted by molar-refractivity contribution is -0.126. The topological polar surface area (TPSA) is 73.6 Å². The van der Waals surface area contributed by atoms with Gasteiger partial charge in [0.05, 0.1) is 12.8 Å². The number of carbonyl (C=O) groups excluding carboxylic acids is 1. The molecule has 5 nitrogen and oxygen atoms in total. The van der Waals surface area contributed by atoms with Crippen LogP contribution < -0.4 is 15.8 Å². The summed E-state index contributed by atoms with van der Waals surface area (Å²) in [5.74, 6) is 0.518. The van der Waals surface area contributed by atoms with Crippen LogP contribution in [0, 0.1) is 5.92 Å². The van der Waals surface area contributed by atoms with Crippen LogP contribution in [0.15, 0.2) is 18.2 Å². The predicted octanol–water partition coefficient (Wildman–Crippen LogP) is 1.69. The summed E-state index contributed by atoms with van der Waals surface area (Å²) >= 11 is 5.01. The van der Waals surface area contributed by atoms with Gasteiger partial charge in [0.1, 0.15) is 16.8 Å². The molecule has 108 valence electrons. The van der Waals surface area contributed by atoms with Crippen molar-refractivity contribution in [1.82, 2.24) is 0 Å². The molecule has 1 amide bonds. The molecular formula is C14H18N2O3S. The summed E-state index contributed by atoms with van der Waals surface area (Å²) in [6, 6.07) is 5.27. The van der Waals surface area contributed by atoms with E-state index in [1.165, 1.54) is 7.11 Å². The van der Waals surface area contributed by atoms with Crippen molar-refractivity contribution >= 4 is 28.8 Å². The van der Waals surface area contributed by atoms with Gasteiger partial charge in [-0.25, -0.2) is 0 Å². The van der Waals surface area contributed by atoms with E-state index in [0.717, 1.165) is 6.42 Å². The fourth-order valence-electron chi connectivity index (χ4n) is 2.26. The normalized spacial score (nSPS) is 21.5. The second-order valence-corrected chi connectivity index (χ2v) is 5.23. The highest BCUT2D eigenvalue weighted by Crippen LogP contribution is 2.30. The summed E-state index contributed by atoms with van der Waals surface area (Å²) in [5.41, 5.74) is 6.77. The van der Waals surface area contributed by atoms with E-state index < -0.39 is 6.10 Å². The third-order valence-electron chi connectivity index (χ3n) is 3.41. The number of hydrogen-bond acceptors (Lipinski definition) is 4. The number of anilines is 1. The standard InChI is InChI=1S/C14H18N2O3S/c1-8-6-7-19-12(8)14(17)16-11-9(13(15)20)4-3-5-10(11)18-2/h3-5,8,12H,6-7H2,1-2H3,(H2,15,20)(H,16,17). The van der Waals surface area contributed by atoms with Crippen molar-refractivity contribution in [3.05, 3.63) is 23.8 Å². The molecule has 1 aliphatic heterocycles. The number of nitrogens with two attached hydrogens (primary N) is 1. The molecule has 0 bridgehead atoms. The average molecular weight is 294 g/mol. The van der Waals surface area contributed by atoms with Crippen molar-refractivity contribution in [2.24, 2.45) is 11.7 Å². The van der Waals surface area contributed by atoms with Crippen LogP contribution in [-0.4, -0.2) is 30.7 Å². The number of ether oxygens (including phenoxy) is 2. The van der Waals surface area contributed by atoms with Gasteiger partial charge in [0.2, 0.25) is 0 Å². The number of para-hydroxylation sites is 1. The number of hydrogen-bond donors (Lipinski definition) is 2. The maximum absolute atomic E-state index is 12.3. The molecule has 2 atom stereocenters. The van der Waals surface area contributed by atoms with Crippen LogP contribution >= 0.6 is 12.2 Å². The monoisotopic (exact) mass is 294 g/mol. The Labute approximate surface area is 123 Å². The van der Waals surface area contributed by atoms with Crippen LogP contribution in [0.3, 0.4) is 0 Å². The van der Waals surface area contributed by atoms with Crippen LogP contribution in [-0.2, 0) is 9.53 Å². The van der Waals surface area contributed by atoms with E-state index in [4.69, 9.17) is 27.4 Å². The van der Waals surface area contributed by atoms with Crippen molar-refractivity contribution in [2.75, 3.05) is 19.0 Å². The Morgan fingerprint density at radius 3 is 2.85 bits per heavy atom. The van der Waals surface area contributed by atoms with Gasteiger partial charge >= 0.3 is 0 Å². The highest BCUT2D eigenvalue weighted by molar-refractivity contribution is 7.80. The Morgan fingerprint density at radius 1 is 1.55 bits per heavy atom. The molecule has 0 aliphatic carbocycles. The first kappa shape index (κ1) is 14.7. The molecule has 1 aliphatic rings. The van der Waals surface area contributed by atoms with Crippen molar-refractivity contribution in [2.45, 2.75) is 19.4 Å². The second-order valence-electron chi connectivity index (χ2n) is 4.79. The summed E-state index contributed by atoms with van der Waals surface area (Å²) in [5, 5.41) is 2.83. The Morgan fingerprint density at radius 2 is 2.30 bits per heavy atom. The minimum atomic E-state index is -0.445. The molecule has 1 saturated heterocycles. The summed E-state index contributed by atoms with van der Waals surface area (Å²) in [6.07, 6.45) is 0.436. The van der Waals surface area contributed by atoms with E-state index in [-0.39, 0.29) is 16.8 Å². The Kier molecular flexibility index (Phi) is 4.57. The number of nitrogens with one attached hydrogen (secondary N) is 1. The fraction of sp³-hybridized carbons (Fsp3) is 0.429. The van der Waals surface area contributed by atoms with Gasteiger partial charge in [-0.2, -0.15) is 0 Å². The Balaban J connectivity index is 2.27. The van der Waals surface area contributed by atoms with Crippen LogP contribution in [0.4, 0.5) is 5.69 Å². The molecule has 1 aromatic carbocycles. The molecule has 1 aromatic rings.